The van der Waals surface area contributed by atoms with E-state index in [0.29, 0.717) is 12.0 Å². The van der Waals surface area contributed by atoms with Crippen molar-refractivity contribution in [1.29, 1.82) is 0 Å². The lowest BCUT2D eigenvalue weighted by Gasteiger charge is -2.12. The van der Waals surface area contributed by atoms with Gasteiger partial charge in [-0.25, -0.2) is 0 Å². The molecule has 1 fully saturated rings. The van der Waals surface area contributed by atoms with E-state index >= 15 is 0 Å². The van der Waals surface area contributed by atoms with Gasteiger partial charge in [-0.1, -0.05) is 32.9 Å². The summed E-state index contributed by atoms with van der Waals surface area (Å²) in [6, 6.07) is 9.07. The Labute approximate surface area is 104 Å². The summed E-state index contributed by atoms with van der Waals surface area (Å²) in [6.45, 7) is 8.55. The van der Waals surface area contributed by atoms with Crippen molar-refractivity contribution in [3.05, 3.63) is 29.8 Å². The van der Waals surface area contributed by atoms with Crippen LogP contribution in [0.25, 0.3) is 0 Å². The fourth-order valence-corrected chi connectivity index (χ4v) is 2.23. The Balaban J connectivity index is 1.93. The van der Waals surface area contributed by atoms with Crippen molar-refractivity contribution < 1.29 is 4.74 Å². The molecule has 2 heteroatoms. The predicted octanol–water partition coefficient (Wildman–Crippen LogP) is 3.39. The Bertz CT molecular complexity index is 344. The Hall–Kier alpha value is -1.02. The van der Waals surface area contributed by atoms with Gasteiger partial charge in [0.05, 0.1) is 6.61 Å². The van der Waals surface area contributed by atoms with Gasteiger partial charge in [0, 0.05) is 6.04 Å². The van der Waals surface area contributed by atoms with Crippen LogP contribution in [0.4, 0.5) is 0 Å². The highest BCUT2D eigenvalue weighted by Gasteiger charge is 2.21. The molecule has 2 unspecified atom stereocenters. The molecule has 0 saturated carbocycles. The third-order valence-corrected chi connectivity index (χ3v) is 3.22. The van der Waals surface area contributed by atoms with Gasteiger partial charge in [0.1, 0.15) is 5.75 Å². The van der Waals surface area contributed by atoms with E-state index in [9.17, 15) is 0 Å². The van der Waals surface area contributed by atoms with Crippen molar-refractivity contribution in [2.24, 2.45) is 11.8 Å². The van der Waals surface area contributed by atoms with Gasteiger partial charge in [0.25, 0.3) is 0 Å². The standard InChI is InChI=1S/C15H23NO/c1-11(2)10-17-14-6-4-13(5-7-14)15-8-12(3)9-16-15/h4-7,11-12,15-16H,8-10H2,1-3H3. The fourth-order valence-electron chi connectivity index (χ4n) is 2.23. The van der Waals surface area contributed by atoms with Crippen LogP contribution in [0.1, 0.15) is 38.8 Å². The largest absolute Gasteiger partial charge is 0.493 e. The second-order valence-corrected chi connectivity index (χ2v) is 5.58. The second kappa shape index (κ2) is 5.54. The van der Waals surface area contributed by atoms with E-state index in [4.69, 9.17) is 4.74 Å². The molecule has 2 atom stereocenters. The molecule has 1 saturated heterocycles. The molecule has 0 spiro atoms. The number of ether oxygens (including phenoxy) is 1. The minimum atomic E-state index is 0.532. The van der Waals surface area contributed by atoms with E-state index in [1.165, 1.54) is 12.0 Å². The van der Waals surface area contributed by atoms with Gasteiger partial charge in [-0.05, 0) is 42.5 Å². The van der Waals surface area contributed by atoms with Crippen LogP contribution in [0.15, 0.2) is 24.3 Å². The second-order valence-electron chi connectivity index (χ2n) is 5.58. The summed E-state index contributed by atoms with van der Waals surface area (Å²) >= 11 is 0. The summed E-state index contributed by atoms with van der Waals surface area (Å²) in [5.74, 6) is 2.34. The van der Waals surface area contributed by atoms with Crippen LogP contribution in [0, 0.1) is 11.8 Å². The molecule has 0 radical (unpaired) electrons. The first-order chi connectivity index (χ1) is 8.15. The normalized spacial score (nSPS) is 24.2. The topological polar surface area (TPSA) is 21.3 Å². The number of hydrogen-bond donors (Lipinski definition) is 1. The maximum atomic E-state index is 5.69. The average Bonchev–Trinajstić information content (AvgIpc) is 2.74. The minimum Gasteiger partial charge on any atom is -0.493 e. The highest BCUT2D eigenvalue weighted by molar-refractivity contribution is 5.29. The zero-order chi connectivity index (χ0) is 12.3. The molecule has 1 aliphatic rings. The quantitative estimate of drug-likeness (QED) is 0.860. The molecule has 94 valence electrons. The molecule has 0 amide bonds. The van der Waals surface area contributed by atoms with Gasteiger partial charge in [-0.15, -0.1) is 0 Å². The van der Waals surface area contributed by atoms with Gasteiger partial charge in [-0.3, -0.25) is 0 Å². The number of hydrogen-bond acceptors (Lipinski definition) is 2. The minimum absolute atomic E-state index is 0.532. The van der Waals surface area contributed by atoms with Gasteiger partial charge < -0.3 is 10.1 Å². The molecular formula is C15H23NO. The Morgan fingerprint density at radius 3 is 2.53 bits per heavy atom. The van der Waals surface area contributed by atoms with Crippen molar-refractivity contribution in [2.45, 2.75) is 33.2 Å². The van der Waals surface area contributed by atoms with Crippen LogP contribution in [0.2, 0.25) is 0 Å². The molecular weight excluding hydrogens is 210 g/mol. The Kier molecular flexibility index (Phi) is 4.06. The summed E-state index contributed by atoms with van der Waals surface area (Å²) in [5, 5.41) is 3.55. The van der Waals surface area contributed by atoms with Crippen molar-refractivity contribution in [3.63, 3.8) is 0 Å². The van der Waals surface area contributed by atoms with Gasteiger partial charge in [0.2, 0.25) is 0 Å². The SMILES string of the molecule is CC(C)COc1ccc(C2CC(C)CN2)cc1. The Morgan fingerprint density at radius 2 is 2.00 bits per heavy atom. The van der Waals surface area contributed by atoms with Crippen molar-refractivity contribution in [2.75, 3.05) is 13.2 Å². The highest BCUT2D eigenvalue weighted by Crippen LogP contribution is 2.27. The molecule has 1 aromatic rings. The van der Waals surface area contributed by atoms with E-state index < -0.39 is 0 Å². The van der Waals surface area contributed by atoms with Crippen LogP contribution in [-0.2, 0) is 0 Å². The molecule has 1 N–H and O–H groups in total. The van der Waals surface area contributed by atoms with Gasteiger partial charge in [-0.2, -0.15) is 0 Å². The lowest BCUT2D eigenvalue weighted by Crippen LogP contribution is -2.13. The fraction of sp³-hybridized carbons (Fsp3) is 0.600. The third kappa shape index (κ3) is 3.47. The number of rotatable bonds is 4. The molecule has 17 heavy (non-hydrogen) atoms. The molecule has 0 aromatic heterocycles. The van der Waals surface area contributed by atoms with E-state index in [2.05, 4.69) is 50.4 Å². The molecule has 0 bridgehead atoms. The summed E-state index contributed by atoms with van der Waals surface area (Å²) < 4.78 is 5.69. The summed E-state index contributed by atoms with van der Waals surface area (Å²) in [4.78, 5) is 0. The lowest BCUT2D eigenvalue weighted by atomic mass is 10.0. The third-order valence-electron chi connectivity index (χ3n) is 3.22. The van der Waals surface area contributed by atoms with Crippen molar-refractivity contribution >= 4 is 0 Å². The maximum Gasteiger partial charge on any atom is 0.119 e. The lowest BCUT2D eigenvalue weighted by molar-refractivity contribution is 0.271. The number of benzene rings is 1. The number of nitrogens with one attached hydrogen (secondary N) is 1. The van der Waals surface area contributed by atoms with Crippen molar-refractivity contribution in [1.82, 2.24) is 5.32 Å². The van der Waals surface area contributed by atoms with Crippen LogP contribution in [-0.4, -0.2) is 13.2 Å². The molecule has 2 rings (SSSR count). The summed E-state index contributed by atoms with van der Waals surface area (Å²) in [5.41, 5.74) is 1.38. The smallest absolute Gasteiger partial charge is 0.119 e. The van der Waals surface area contributed by atoms with Crippen LogP contribution in [0.3, 0.4) is 0 Å². The van der Waals surface area contributed by atoms with E-state index in [-0.39, 0.29) is 0 Å². The predicted molar refractivity (Wildman–Crippen MR) is 71.3 cm³/mol. The first-order valence-corrected chi connectivity index (χ1v) is 6.61. The van der Waals surface area contributed by atoms with E-state index in [1.54, 1.807) is 0 Å². The maximum absolute atomic E-state index is 5.69. The monoisotopic (exact) mass is 233 g/mol. The first-order valence-electron chi connectivity index (χ1n) is 6.61. The average molecular weight is 233 g/mol. The Morgan fingerprint density at radius 1 is 1.29 bits per heavy atom. The molecule has 1 aliphatic heterocycles. The van der Waals surface area contributed by atoms with Crippen molar-refractivity contribution in [3.8, 4) is 5.75 Å². The molecule has 1 aromatic carbocycles. The molecule has 0 aliphatic carbocycles. The van der Waals surface area contributed by atoms with Gasteiger partial charge >= 0.3 is 0 Å². The zero-order valence-corrected chi connectivity index (χ0v) is 11.1. The summed E-state index contributed by atoms with van der Waals surface area (Å²) in [6.07, 6.45) is 1.24. The van der Waals surface area contributed by atoms with E-state index in [1.807, 2.05) is 0 Å². The van der Waals surface area contributed by atoms with E-state index in [0.717, 1.165) is 24.8 Å². The van der Waals surface area contributed by atoms with Gasteiger partial charge in [0.15, 0.2) is 0 Å². The van der Waals surface area contributed by atoms with Crippen LogP contribution >= 0.6 is 0 Å². The summed E-state index contributed by atoms with van der Waals surface area (Å²) in [7, 11) is 0. The molecule has 1 heterocycles. The first kappa shape index (κ1) is 12.4. The van der Waals surface area contributed by atoms with Crippen LogP contribution in [0.5, 0.6) is 5.75 Å². The van der Waals surface area contributed by atoms with Crippen LogP contribution < -0.4 is 10.1 Å². The highest BCUT2D eigenvalue weighted by atomic mass is 16.5. The molecule has 2 nitrogen and oxygen atoms in total. The zero-order valence-electron chi connectivity index (χ0n) is 11.1.